The van der Waals surface area contributed by atoms with Gasteiger partial charge in [-0.3, -0.25) is 9.59 Å². The zero-order valence-corrected chi connectivity index (χ0v) is 13.6. The number of aryl methyl sites for hydroxylation is 1. The minimum absolute atomic E-state index is 0.00964. The van der Waals surface area contributed by atoms with Gasteiger partial charge in [0.2, 0.25) is 11.8 Å². The van der Waals surface area contributed by atoms with Crippen LogP contribution in [0.25, 0.3) is 0 Å². The number of amides is 2. The average molecular weight is 290 g/mol. The van der Waals surface area contributed by atoms with Crippen molar-refractivity contribution in [1.82, 2.24) is 4.90 Å². The first kappa shape index (κ1) is 17.2. The SMILES string of the molecule is CCCN(CCC)C(=O)CN(C(C)=O)c1cccc(C)c1. The number of anilines is 1. The number of nitrogens with zero attached hydrogens (tertiary/aromatic N) is 2. The van der Waals surface area contributed by atoms with Gasteiger partial charge in [0.15, 0.2) is 0 Å². The van der Waals surface area contributed by atoms with Crippen molar-refractivity contribution in [2.45, 2.75) is 40.5 Å². The molecule has 0 saturated carbocycles. The lowest BCUT2D eigenvalue weighted by molar-refractivity contribution is -0.131. The molecule has 4 heteroatoms. The number of hydrogen-bond donors (Lipinski definition) is 0. The molecule has 0 saturated heterocycles. The molecule has 0 aromatic heterocycles. The van der Waals surface area contributed by atoms with E-state index in [0.717, 1.165) is 37.2 Å². The third-order valence-electron chi connectivity index (χ3n) is 3.33. The van der Waals surface area contributed by atoms with E-state index in [-0.39, 0.29) is 18.4 Å². The molecule has 0 radical (unpaired) electrons. The largest absolute Gasteiger partial charge is 0.341 e. The van der Waals surface area contributed by atoms with E-state index in [2.05, 4.69) is 13.8 Å². The number of rotatable bonds is 7. The van der Waals surface area contributed by atoms with Crippen molar-refractivity contribution in [2.75, 3.05) is 24.5 Å². The molecular formula is C17H26N2O2. The minimum Gasteiger partial charge on any atom is -0.341 e. The van der Waals surface area contributed by atoms with Gasteiger partial charge in [0, 0.05) is 25.7 Å². The summed E-state index contributed by atoms with van der Waals surface area (Å²) in [4.78, 5) is 27.7. The maximum Gasteiger partial charge on any atom is 0.242 e. The molecule has 116 valence electrons. The van der Waals surface area contributed by atoms with Crippen LogP contribution in [-0.2, 0) is 9.59 Å². The molecule has 1 aromatic carbocycles. The summed E-state index contributed by atoms with van der Waals surface area (Å²) < 4.78 is 0. The highest BCUT2D eigenvalue weighted by Crippen LogP contribution is 2.16. The van der Waals surface area contributed by atoms with E-state index >= 15 is 0 Å². The van der Waals surface area contributed by atoms with E-state index in [1.54, 1.807) is 4.90 Å². The summed E-state index contributed by atoms with van der Waals surface area (Å²) >= 11 is 0. The van der Waals surface area contributed by atoms with E-state index in [9.17, 15) is 9.59 Å². The predicted molar refractivity (Wildman–Crippen MR) is 86.4 cm³/mol. The summed E-state index contributed by atoms with van der Waals surface area (Å²) in [6.45, 7) is 9.18. The quantitative estimate of drug-likeness (QED) is 0.774. The predicted octanol–water partition coefficient (Wildman–Crippen LogP) is 3.00. The summed E-state index contributed by atoms with van der Waals surface area (Å²) in [5.74, 6) is -0.0997. The van der Waals surface area contributed by atoms with Gasteiger partial charge in [-0.2, -0.15) is 0 Å². The van der Waals surface area contributed by atoms with Gasteiger partial charge in [0.1, 0.15) is 6.54 Å². The zero-order chi connectivity index (χ0) is 15.8. The van der Waals surface area contributed by atoms with Crippen LogP contribution >= 0.6 is 0 Å². The highest BCUT2D eigenvalue weighted by Gasteiger charge is 2.19. The summed E-state index contributed by atoms with van der Waals surface area (Å²) in [7, 11) is 0. The molecule has 0 spiro atoms. The molecule has 1 aromatic rings. The van der Waals surface area contributed by atoms with Crippen molar-refractivity contribution in [3.8, 4) is 0 Å². The van der Waals surface area contributed by atoms with Gasteiger partial charge in [-0.25, -0.2) is 0 Å². The molecule has 0 aliphatic rings. The van der Waals surface area contributed by atoms with E-state index in [1.807, 2.05) is 36.1 Å². The maximum atomic E-state index is 12.4. The number of benzene rings is 1. The molecule has 4 nitrogen and oxygen atoms in total. The zero-order valence-electron chi connectivity index (χ0n) is 13.6. The fourth-order valence-corrected chi connectivity index (χ4v) is 2.32. The molecule has 0 atom stereocenters. The van der Waals surface area contributed by atoms with Crippen molar-refractivity contribution in [2.24, 2.45) is 0 Å². The van der Waals surface area contributed by atoms with Crippen molar-refractivity contribution >= 4 is 17.5 Å². The van der Waals surface area contributed by atoms with Gasteiger partial charge in [-0.15, -0.1) is 0 Å². The summed E-state index contributed by atoms with van der Waals surface area (Å²) in [5, 5.41) is 0. The minimum atomic E-state index is -0.109. The standard InChI is InChI=1S/C17H26N2O2/c1-5-10-18(11-6-2)17(21)13-19(15(4)20)16-9-7-8-14(3)12-16/h7-9,12H,5-6,10-11,13H2,1-4H3. The van der Waals surface area contributed by atoms with E-state index in [0.29, 0.717) is 0 Å². The van der Waals surface area contributed by atoms with Gasteiger partial charge < -0.3 is 9.80 Å². The Kier molecular flexibility index (Phi) is 6.92. The number of carbonyl (C=O) groups is 2. The van der Waals surface area contributed by atoms with Crippen LogP contribution in [0.4, 0.5) is 5.69 Å². The highest BCUT2D eigenvalue weighted by atomic mass is 16.2. The maximum absolute atomic E-state index is 12.4. The van der Waals surface area contributed by atoms with Gasteiger partial charge in [0.25, 0.3) is 0 Å². The first-order valence-corrected chi connectivity index (χ1v) is 7.62. The molecule has 0 bridgehead atoms. The highest BCUT2D eigenvalue weighted by molar-refractivity contribution is 5.97. The summed E-state index contributed by atoms with van der Waals surface area (Å²) in [6.07, 6.45) is 1.85. The molecule has 0 unspecified atom stereocenters. The second-order valence-corrected chi connectivity index (χ2v) is 5.32. The third kappa shape index (κ3) is 5.21. The Labute approximate surface area is 127 Å². The Morgan fingerprint density at radius 3 is 2.19 bits per heavy atom. The average Bonchev–Trinajstić information content (AvgIpc) is 2.44. The Balaban J connectivity index is 2.87. The molecule has 2 amide bonds. The molecule has 0 heterocycles. The Hall–Kier alpha value is -1.84. The van der Waals surface area contributed by atoms with Crippen molar-refractivity contribution in [3.05, 3.63) is 29.8 Å². The first-order chi connectivity index (χ1) is 9.99. The van der Waals surface area contributed by atoms with Crippen LogP contribution in [0.3, 0.4) is 0 Å². The molecule has 0 N–H and O–H groups in total. The van der Waals surface area contributed by atoms with E-state index < -0.39 is 0 Å². The summed E-state index contributed by atoms with van der Waals surface area (Å²) in [6, 6.07) is 7.68. The van der Waals surface area contributed by atoms with Gasteiger partial charge in [0.05, 0.1) is 0 Å². The van der Waals surface area contributed by atoms with Crippen LogP contribution < -0.4 is 4.90 Å². The Morgan fingerprint density at radius 1 is 1.10 bits per heavy atom. The van der Waals surface area contributed by atoms with Crippen LogP contribution in [0.5, 0.6) is 0 Å². The van der Waals surface area contributed by atoms with Crippen molar-refractivity contribution in [1.29, 1.82) is 0 Å². The molecule has 0 aliphatic heterocycles. The second-order valence-electron chi connectivity index (χ2n) is 5.32. The van der Waals surface area contributed by atoms with Gasteiger partial charge in [-0.1, -0.05) is 26.0 Å². The van der Waals surface area contributed by atoms with Gasteiger partial charge >= 0.3 is 0 Å². The number of carbonyl (C=O) groups excluding carboxylic acids is 2. The molecular weight excluding hydrogens is 264 g/mol. The van der Waals surface area contributed by atoms with E-state index in [4.69, 9.17) is 0 Å². The Bertz CT molecular complexity index is 479. The van der Waals surface area contributed by atoms with Crippen LogP contribution in [0, 0.1) is 6.92 Å². The lowest BCUT2D eigenvalue weighted by Gasteiger charge is -2.26. The monoisotopic (exact) mass is 290 g/mol. The molecule has 0 fully saturated rings. The summed E-state index contributed by atoms with van der Waals surface area (Å²) in [5.41, 5.74) is 1.86. The lowest BCUT2D eigenvalue weighted by Crippen LogP contribution is -2.43. The molecule has 21 heavy (non-hydrogen) atoms. The van der Waals surface area contributed by atoms with Crippen molar-refractivity contribution in [3.63, 3.8) is 0 Å². The van der Waals surface area contributed by atoms with Crippen LogP contribution in [0.2, 0.25) is 0 Å². The smallest absolute Gasteiger partial charge is 0.242 e. The number of hydrogen-bond acceptors (Lipinski definition) is 2. The normalized spacial score (nSPS) is 10.3. The van der Waals surface area contributed by atoms with Crippen LogP contribution in [0.1, 0.15) is 39.2 Å². The molecule has 0 aliphatic carbocycles. The van der Waals surface area contributed by atoms with Crippen molar-refractivity contribution < 1.29 is 9.59 Å². The fourth-order valence-electron chi connectivity index (χ4n) is 2.32. The molecule has 1 rings (SSSR count). The van der Waals surface area contributed by atoms with E-state index in [1.165, 1.54) is 6.92 Å². The second kappa shape index (κ2) is 8.45. The van der Waals surface area contributed by atoms with Gasteiger partial charge in [-0.05, 0) is 37.5 Å². The Morgan fingerprint density at radius 2 is 1.71 bits per heavy atom. The first-order valence-electron chi connectivity index (χ1n) is 7.62. The lowest BCUT2D eigenvalue weighted by atomic mass is 10.2. The topological polar surface area (TPSA) is 40.6 Å². The van der Waals surface area contributed by atoms with Crippen LogP contribution in [0.15, 0.2) is 24.3 Å². The van der Waals surface area contributed by atoms with Crippen LogP contribution in [-0.4, -0.2) is 36.3 Å². The fraction of sp³-hybridized carbons (Fsp3) is 0.529. The third-order valence-corrected chi connectivity index (χ3v) is 3.33.